The third-order valence-corrected chi connectivity index (χ3v) is 5.82. The molecular weight excluding hydrogens is 528 g/mol. The zero-order valence-electron chi connectivity index (χ0n) is 23.8. The first-order chi connectivity index (χ1) is 18.9. The molecule has 1 aromatic rings. The molecule has 40 heavy (non-hydrogen) atoms. The van der Waals surface area contributed by atoms with Crippen LogP contribution >= 0.6 is 0 Å². The van der Waals surface area contributed by atoms with Crippen LogP contribution < -0.4 is 9.47 Å². The Morgan fingerprint density at radius 1 is 0.800 bits per heavy atom. The topological polar surface area (TPSA) is 150 Å². The quantitative estimate of drug-likeness (QED) is 0.149. The molecule has 12 nitrogen and oxygen atoms in total. The highest BCUT2D eigenvalue weighted by Gasteiger charge is 2.51. The summed E-state index contributed by atoms with van der Waals surface area (Å²) in [4.78, 5) is 59.0. The lowest BCUT2D eigenvalue weighted by Gasteiger charge is -2.44. The third kappa shape index (κ3) is 10.1. The molecule has 0 spiro atoms. The van der Waals surface area contributed by atoms with Gasteiger partial charge in [-0.2, -0.15) is 0 Å². The van der Waals surface area contributed by atoms with E-state index >= 15 is 0 Å². The molecule has 0 unspecified atom stereocenters. The van der Waals surface area contributed by atoms with Crippen molar-refractivity contribution >= 4 is 29.8 Å². The predicted molar refractivity (Wildman–Crippen MR) is 138 cm³/mol. The van der Waals surface area contributed by atoms with Crippen molar-refractivity contribution in [2.45, 2.75) is 97.7 Å². The summed E-state index contributed by atoms with van der Waals surface area (Å²) in [6.45, 7) is 8.83. The van der Waals surface area contributed by atoms with Crippen molar-refractivity contribution in [1.29, 1.82) is 0 Å². The van der Waals surface area contributed by atoms with Crippen molar-refractivity contribution < 1.29 is 57.1 Å². The molecule has 1 aliphatic rings. The Bertz CT molecular complexity index is 1050. The zero-order chi connectivity index (χ0) is 29.8. The molecule has 0 bridgehead atoms. The van der Waals surface area contributed by atoms with E-state index in [9.17, 15) is 24.0 Å². The van der Waals surface area contributed by atoms with Crippen LogP contribution in [-0.2, 0) is 47.7 Å². The lowest BCUT2D eigenvalue weighted by molar-refractivity contribution is -0.245. The Morgan fingerprint density at radius 2 is 1.43 bits per heavy atom. The molecule has 1 aliphatic heterocycles. The molecule has 0 radical (unpaired) electrons. The molecule has 0 N–H and O–H groups in total. The highest BCUT2D eigenvalue weighted by molar-refractivity contribution is 5.70. The van der Waals surface area contributed by atoms with Gasteiger partial charge in [0.2, 0.25) is 0 Å². The van der Waals surface area contributed by atoms with Crippen molar-refractivity contribution in [2.75, 3.05) is 13.2 Å². The minimum Gasteiger partial charge on any atom is -0.493 e. The predicted octanol–water partition coefficient (Wildman–Crippen LogP) is 3.37. The van der Waals surface area contributed by atoms with E-state index in [1.807, 2.05) is 0 Å². The average molecular weight is 567 g/mol. The van der Waals surface area contributed by atoms with Gasteiger partial charge in [-0.15, -0.1) is 0 Å². The number of esters is 5. The van der Waals surface area contributed by atoms with Crippen molar-refractivity contribution in [3.63, 3.8) is 0 Å². The zero-order valence-corrected chi connectivity index (χ0v) is 23.8. The number of hydrogen-bond acceptors (Lipinski definition) is 12. The number of rotatable bonds is 13. The Morgan fingerprint density at radius 3 is 2.02 bits per heavy atom. The maximum absolute atomic E-state index is 12.1. The van der Waals surface area contributed by atoms with Gasteiger partial charge in [0.25, 0.3) is 0 Å². The highest BCUT2D eigenvalue weighted by Crippen LogP contribution is 2.42. The van der Waals surface area contributed by atoms with E-state index < -0.39 is 54.4 Å². The lowest BCUT2D eigenvalue weighted by atomic mass is 9.90. The van der Waals surface area contributed by atoms with Gasteiger partial charge >= 0.3 is 29.8 Å². The van der Waals surface area contributed by atoms with E-state index in [-0.39, 0.29) is 24.1 Å². The third-order valence-electron chi connectivity index (χ3n) is 5.82. The molecule has 12 heteroatoms. The standard InChI is InChI=1S/C28H38O12/c1-7-34-24(33)11-9-8-10-14-35-23-15-21(37-17(3)29)12-13-22(23)26-28(40-20(6)32)27(39-19(5)31)25(16(2)36-26)38-18(4)30/h12-13,15-16,25-28H,7-11,14H2,1-6H3/t16-,25+,26+,27+,28+/m0/s1. The van der Waals surface area contributed by atoms with Crippen LogP contribution in [0.5, 0.6) is 11.5 Å². The second kappa shape index (κ2) is 15.8. The first-order valence-corrected chi connectivity index (χ1v) is 13.2. The Balaban J connectivity index is 2.37. The molecule has 1 fully saturated rings. The van der Waals surface area contributed by atoms with E-state index in [0.29, 0.717) is 37.9 Å². The van der Waals surface area contributed by atoms with Crippen LogP contribution in [0.15, 0.2) is 18.2 Å². The van der Waals surface area contributed by atoms with Crippen LogP contribution in [0, 0.1) is 0 Å². The van der Waals surface area contributed by atoms with E-state index in [0.717, 1.165) is 0 Å². The fourth-order valence-electron chi connectivity index (χ4n) is 4.33. The van der Waals surface area contributed by atoms with E-state index in [4.69, 9.17) is 33.2 Å². The van der Waals surface area contributed by atoms with Crippen molar-refractivity contribution in [1.82, 2.24) is 0 Å². The molecule has 0 aromatic heterocycles. The fraction of sp³-hybridized carbons (Fsp3) is 0.607. The summed E-state index contributed by atoms with van der Waals surface area (Å²) >= 11 is 0. The van der Waals surface area contributed by atoms with Crippen molar-refractivity contribution in [3.05, 3.63) is 23.8 Å². The summed E-state index contributed by atoms with van der Waals surface area (Å²) in [6.07, 6.45) is -2.96. The van der Waals surface area contributed by atoms with Gasteiger partial charge in [0, 0.05) is 45.7 Å². The summed E-state index contributed by atoms with van der Waals surface area (Å²) < 4.78 is 38.8. The molecule has 1 heterocycles. The maximum atomic E-state index is 12.1. The first kappa shape index (κ1) is 32.5. The summed E-state index contributed by atoms with van der Waals surface area (Å²) in [7, 11) is 0. The van der Waals surface area contributed by atoms with E-state index in [1.54, 1.807) is 19.9 Å². The number of hydrogen-bond donors (Lipinski definition) is 0. The van der Waals surface area contributed by atoms with Gasteiger partial charge in [0.05, 0.1) is 19.3 Å². The minimum atomic E-state index is -1.20. The average Bonchev–Trinajstić information content (AvgIpc) is 2.84. The van der Waals surface area contributed by atoms with Crippen LogP contribution in [0.1, 0.15) is 78.9 Å². The van der Waals surface area contributed by atoms with E-state index in [2.05, 4.69) is 0 Å². The van der Waals surface area contributed by atoms with Crippen molar-refractivity contribution in [3.8, 4) is 11.5 Å². The Labute approximate surface area is 233 Å². The molecule has 5 atom stereocenters. The number of carbonyl (C=O) groups excluding carboxylic acids is 5. The largest absolute Gasteiger partial charge is 0.493 e. The Kier molecular flexibility index (Phi) is 12.9. The molecule has 1 saturated heterocycles. The number of carbonyl (C=O) groups is 5. The molecule has 0 saturated carbocycles. The second-order valence-corrected chi connectivity index (χ2v) is 9.24. The minimum absolute atomic E-state index is 0.218. The summed E-state index contributed by atoms with van der Waals surface area (Å²) in [5.74, 6) is -2.26. The van der Waals surface area contributed by atoms with Gasteiger partial charge in [-0.3, -0.25) is 24.0 Å². The molecular formula is C28H38O12. The number of unbranched alkanes of at least 4 members (excludes halogenated alkanes) is 2. The van der Waals surface area contributed by atoms with Crippen LogP contribution in [-0.4, -0.2) is 67.5 Å². The van der Waals surface area contributed by atoms with Crippen LogP contribution in [0.25, 0.3) is 0 Å². The van der Waals surface area contributed by atoms with Gasteiger partial charge in [0.15, 0.2) is 18.3 Å². The summed E-state index contributed by atoms with van der Waals surface area (Å²) in [5.41, 5.74) is 0.430. The van der Waals surface area contributed by atoms with Gasteiger partial charge in [0.1, 0.15) is 17.6 Å². The number of ether oxygens (including phenoxy) is 7. The van der Waals surface area contributed by atoms with Gasteiger partial charge in [-0.25, -0.2) is 0 Å². The maximum Gasteiger partial charge on any atom is 0.308 e. The summed E-state index contributed by atoms with van der Waals surface area (Å²) in [5, 5.41) is 0. The SMILES string of the molecule is CCOC(=O)CCCCCOc1cc(OC(C)=O)ccc1[C@H]1O[C@@H](C)[C@@H](OC(C)=O)[C@@H](OC(C)=O)[C@@H]1OC(C)=O. The number of benzene rings is 1. The smallest absolute Gasteiger partial charge is 0.308 e. The van der Waals surface area contributed by atoms with Gasteiger partial charge < -0.3 is 33.2 Å². The second-order valence-electron chi connectivity index (χ2n) is 9.24. The summed E-state index contributed by atoms with van der Waals surface area (Å²) in [6, 6.07) is 4.63. The molecule has 1 aromatic carbocycles. The lowest BCUT2D eigenvalue weighted by Crippen LogP contribution is -2.57. The molecule has 222 valence electrons. The van der Waals surface area contributed by atoms with E-state index in [1.165, 1.54) is 39.8 Å². The van der Waals surface area contributed by atoms with Gasteiger partial charge in [-0.05, 0) is 45.2 Å². The molecule has 0 amide bonds. The van der Waals surface area contributed by atoms with Crippen molar-refractivity contribution in [2.24, 2.45) is 0 Å². The fourth-order valence-corrected chi connectivity index (χ4v) is 4.33. The van der Waals surface area contributed by atoms with Crippen LogP contribution in [0.4, 0.5) is 0 Å². The normalized spacial score (nSPS) is 22.0. The first-order valence-electron chi connectivity index (χ1n) is 13.2. The highest BCUT2D eigenvalue weighted by atomic mass is 16.6. The monoisotopic (exact) mass is 566 g/mol. The molecule has 2 rings (SSSR count). The van der Waals surface area contributed by atoms with Crippen LogP contribution in [0.3, 0.4) is 0 Å². The van der Waals surface area contributed by atoms with Gasteiger partial charge in [-0.1, -0.05) is 0 Å². The Hall–Kier alpha value is -3.67. The molecule has 0 aliphatic carbocycles. The van der Waals surface area contributed by atoms with Crippen LogP contribution in [0.2, 0.25) is 0 Å².